The summed E-state index contributed by atoms with van der Waals surface area (Å²) in [5.74, 6) is 0.0519. The van der Waals surface area contributed by atoms with Gasteiger partial charge in [-0.15, -0.1) is 0 Å². The number of H-pyrrole nitrogens is 1. The van der Waals surface area contributed by atoms with Crippen molar-refractivity contribution in [2.45, 2.75) is 52.7 Å². The van der Waals surface area contributed by atoms with E-state index in [4.69, 9.17) is 4.74 Å². The van der Waals surface area contributed by atoms with Crippen LogP contribution in [0.2, 0.25) is 0 Å². The third kappa shape index (κ3) is 5.53. The fraction of sp³-hybridized carbons (Fsp3) is 0.385. The van der Waals surface area contributed by atoms with Gasteiger partial charge in [-0.2, -0.15) is 5.10 Å². The topological polar surface area (TPSA) is 70.2 Å². The van der Waals surface area contributed by atoms with Gasteiger partial charge in [0.05, 0.1) is 29.6 Å². The smallest absolute Gasteiger partial charge is 0.253 e. The number of ether oxygens (including phenoxy) is 1. The lowest BCUT2D eigenvalue weighted by Crippen LogP contribution is -2.32. The number of nitrogens with one attached hydrogen (secondary N) is 2. The van der Waals surface area contributed by atoms with Crippen molar-refractivity contribution in [1.29, 1.82) is 0 Å². The van der Waals surface area contributed by atoms with Crippen LogP contribution in [0.15, 0.2) is 42.5 Å². The number of carbonyl (C=O) groups excluding carboxylic acids is 1. The number of hydrogen-bond acceptors (Lipinski definition) is 4. The number of halogens is 1. The lowest BCUT2D eigenvalue weighted by atomic mass is 10.1. The van der Waals surface area contributed by atoms with Gasteiger partial charge in [0.15, 0.2) is 0 Å². The molecule has 0 bridgehead atoms. The number of amides is 1. The molecule has 174 valence electrons. The van der Waals surface area contributed by atoms with Crippen LogP contribution in [0.3, 0.4) is 0 Å². The van der Waals surface area contributed by atoms with Gasteiger partial charge in [0, 0.05) is 24.3 Å². The van der Waals surface area contributed by atoms with Crippen LogP contribution < -0.4 is 15.0 Å². The Morgan fingerprint density at radius 1 is 1.15 bits per heavy atom. The quantitative estimate of drug-likeness (QED) is 0.517. The van der Waals surface area contributed by atoms with E-state index in [0.29, 0.717) is 5.56 Å². The molecule has 1 aliphatic rings. The fourth-order valence-corrected chi connectivity index (χ4v) is 4.16. The van der Waals surface area contributed by atoms with E-state index in [0.717, 1.165) is 59.9 Å². The van der Waals surface area contributed by atoms with Crippen LogP contribution in [0, 0.1) is 12.7 Å². The maximum absolute atomic E-state index is 14.0. The molecule has 1 aromatic heterocycles. The maximum atomic E-state index is 14.0. The highest BCUT2D eigenvalue weighted by molar-refractivity contribution is 5.99. The summed E-state index contributed by atoms with van der Waals surface area (Å²) >= 11 is 0. The molecule has 3 aromatic rings. The number of aryl methyl sites for hydroxylation is 1. The van der Waals surface area contributed by atoms with Crippen molar-refractivity contribution in [1.82, 2.24) is 15.5 Å². The van der Waals surface area contributed by atoms with Crippen molar-refractivity contribution < 1.29 is 13.9 Å². The first-order valence-electron chi connectivity index (χ1n) is 11.6. The van der Waals surface area contributed by atoms with Gasteiger partial charge in [0.25, 0.3) is 5.91 Å². The van der Waals surface area contributed by atoms with E-state index < -0.39 is 5.82 Å². The molecule has 1 amide bonds. The maximum Gasteiger partial charge on any atom is 0.253 e. The van der Waals surface area contributed by atoms with Gasteiger partial charge in [0.2, 0.25) is 0 Å². The molecular formula is C26H31FN4O2. The SMILES string of the molecule is Cc1ccc(OC(C)C)c(-c2cc(CNC(=O)c3cc(F)ccc3N3CCCCC3)[nH]n2)c1. The minimum atomic E-state index is -0.415. The van der Waals surface area contributed by atoms with Crippen molar-refractivity contribution in [3.63, 3.8) is 0 Å². The van der Waals surface area contributed by atoms with Gasteiger partial charge in [-0.25, -0.2) is 4.39 Å². The van der Waals surface area contributed by atoms with Crippen LogP contribution in [-0.4, -0.2) is 35.3 Å². The van der Waals surface area contributed by atoms with E-state index in [-0.39, 0.29) is 18.6 Å². The Bertz CT molecular complexity index is 1120. The highest BCUT2D eigenvalue weighted by Gasteiger charge is 2.20. The largest absolute Gasteiger partial charge is 0.490 e. The highest BCUT2D eigenvalue weighted by Crippen LogP contribution is 2.31. The fourth-order valence-electron chi connectivity index (χ4n) is 4.16. The van der Waals surface area contributed by atoms with E-state index in [1.165, 1.54) is 18.6 Å². The Morgan fingerprint density at radius 2 is 1.94 bits per heavy atom. The predicted molar refractivity (Wildman–Crippen MR) is 128 cm³/mol. The molecule has 7 heteroatoms. The summed E-state index contributed by atoms with van der Waals surface area (Å²) in [6.07, 6.45) is 3.39. The number of rotatable bonds is 7. The molecule has 0 aliphatic carbocycles. The molecule has 33 heavy (non-hydrogen) atoms. The molecule has 0 spiro atoms. The Morgan fingerprint density at radius 3 is 2.70 bits per heavy atom. The molecule has 4 rings (SSSR count). The first-order chi connectivity index (χ1) is 15.9. The number of piperidine rings is 1. The van der Waals surface area contributed by atoms with Crippen LogP contribution >= 0.6 is 0 Å². The van der Waals surface area contributed by atoms with Crippen LogP contribution in [0.5, 0.6) is 5.75 Å². The summed E-state index contributed by atoms with van der Waals surface area (Å²) < 4.78 is 19.9. The molecule has 6 nitrogen and oxygen atoms in total. The second kappa shape index (κ2) is 10.1. The molecular weight excluding hydrogens is 419 g/mol. The van der Waals surface area contributed by atoms with Gasteiger partial charge >= 0.3 is 0 Å². The summed E-state index contributed by atoms with van der Waals surface area (Å²) in [5, 5.41) is 10.3. The zero-order valence-electron chi connectivity index (χ0n) is 19.5. The lowest BCUT2D eigenvalue weighted by Gasteiger charge is -2.30. The Labute approximate surface area is 194 Å². The van der Waals surface area contributed by atoms with Gasteiger partial charge in [-0.1, -0.05) is 11.6 Å². The molecule has 2 N–H and O–H groups in total. The second-order valence-electron chi connectivity index (χ2n) is 8.84. The van der Waals surface area contributed by atoms with Gasteiger partial charge in [-0.05, 0) is 76.4 Å². The highest BCUT2D eigenvalue weighted by atomic mass is 19.1. The molecule has 0 saturated carbocycles. The van der Waals surface area contributed by atoms with Gasteiger partial charge in [-0.3, -0.25) is 9.89 Å². The van der Waals surface area contributed by atoms with E-state index in [2.05, 4.69) is 20.4 Å². The molecule has 2 heterocycles. The number of benzene rings is 2. The molecule has 1 saturated heterocycles. The van der Waals surface area contributed by atoms with Crippen molar-refractivity contribution in [3.05, 3.63) is 65.1 Å². The molecule has 0 unspecified atom stereocenters. The molecule has 1 fully saturated rings. The first kappa shape index (κ1) is 22.8. The number of nitrogens with zero attached hydrogens (tertiary/aromatic N) is 2. The lowest BCUT2D eigenvalue weighted by molar-refractivity contribution is 0.0950. The summed E-state index contributed by atoms with van der Waals surface area (Å²) in [6.45, 7) is 8.02. The summed E-state index contributed by atoms with van der Waals surface area (Å²) in [7, 11) is 0. The Hall–Kier alpha value is -3.35. The van der Waals surface area contributed by atoms with Crippen LogP contribution in [0.1, 0.15) is 54.7 Å². The summed E-state index contributed by atoms with van der Waals surface area (Å²) in [6, 6.07) is 12.3. The monoisotopic (exact) mass is 450 g/mol. The molecule has 2 aromatic carbocycles. The summed E-state index contributed by atoms with van der Waals surface area (Å²) in [5.41, 5.74) is 4.66. The zero-order valence-corrected chi connectivity index (χ0v) is 19.5. The zero-order chi connectivity index (χ0) is 23.4. The number of hydrogen-bond donors (Lipinski definition) is 2. The standard InChI is InChI=1S/C26H31FN4O2/c1-17(2)33-25-10-7-18(3)13-21(25)23-15-20(29-30-23)16-28-26(32)22-14-19(27)8-9-24(22)31-11-5-4-6-12-31/h7-10,13-15,17H,4-6,11-12,16H2,1-3H3,(H,28,32)(H,29,30). The number of carbonyl (C=O) groups is 1. The van der Waals surface area contributed by atoms with Crippen LogP contribution in [-0.2, 0) is 6.54 Å². The Kier molecular flexibility index (Phi) is 6.96. The normalized spacial score (nSPS) is 13.9. The van der Waals surface area contributed by atoms with E-state index >= 15 is 0 Å². The summed E-state index contributed by atoms with van der Waals surface area (Å²) in [4.78, 5) is 15.1. The minimum Gasteiger partial charge on any atom is -0.490 e. The third-order valence-corrected chi connectivity index (χ3v) is 5.74. The number of aromatic nitrogens is 2. The van der Waals surface area contributed by atoms with Gasteiger partial charge in [0.1, 0.15) is 11.6 Å². The van der Waals surface area contributed by atoms with Crippen LogP contribution in [0.4, 0.5) is 10.1 Å². The molecule has 0 radical (unpaired) electrons. The van der Waals surface area contributed by atoms with Crippen molar-refractivity contribution >= 4 is 11.6 Å². The second-order valence-corrected chi connectivity index (χ2v) is 8.84. The first-order valence-corrected chi connectivity index (χ1v) is 11.6. The van der Waals surface area contributed by atoms with E-state index in [1.54, 1.807) is 6.07 Å². The van der Waals surface area contributed by atoms with Gasteiger partial charge < -0.3 is 15.0 Å². The van der Waals surface area contributed by atoms with Crippen LogP contribution in [0.25, 0.3) is 11.3 Å². The predicted octanol–water partition coefficient (Wildman–Crippen LogP) is 5.23. The number of aromatic amines is 1. The van der Waals surface area contributed by atoms with Crippen molar-refractivity contribution in [2.75, 3.05) is 18.0 Å². The average molecular weight is 451 g/mol. The minimum absolute atomic E-state index is 0.0459. The van der Waals surface area contributed by atoms with E-state index in [9.17, 15) is 9.18 Å². The van der Waals surface area contributed by atoms with Crippen molar-refractivity contribution in [3.8, 4) is 17.0 Å². The molecule has 1 aliphatic heterocycles. The number of anilines is 1. The van der Waals surface area contributed by atoms with E-state index in [1.807, 2.05) is 45.0 Å². The Balaban J connectivity index is 1.49. The third-order valence-electron chi connectivity index (χ3n) is 5.74. The molecule has 0 atom stereocenters. The average Bonchev–Trinajstić information content (AvgIpc) is 3.28. The van der Waals surface area contributed by atoms with Crippen molar-refractivity contribution in [2.24, 2.45) is 0 Å².